The van der Waals surface area contributed by atoms with Crippen LogP contribution in [0.2, 0.25) is 0 Å². The number of halogens is 2. The Balaban J connectivity index is 2.22. The van der Waals surface area contributed by atoms with Crippen LogP contribution in [0, 0.1) is 0 Å². The molecule has 1 aromatic carbocycles. The molecule has 0 aromatic heterocycles. The summed E-state index contributed by atoms with van der Waals surface area (Å²) in [4.78, 5) is 11.6. The van der Waals surface area contributed by atoms with Gasteiger partial charge in [0.25, 0.3) is 0 Å². The second-order valence-electron chi connectivity index (χ2n) is 3.84. The fraction of sp³-hybridized carbons (Fsp3) is 0.462. The predicted octanol–water partition coefficient (Wildman–Crippen LogP) is 4.04. The Kier molecular flexibility index (Phi) is 6.19. The second kappa shape index (κ2) is 7.43. The molecule has 2 atom stereocenters. The van der Waals surface area contributed by atoms with E-state index in [1.807, 2.05) is 6.07 Å². The molecule has 0 radical (unpaired) electrons. The molecule has 4 heteroatoms. The average molecular weight is 258 g/mol. The van der Waals surface area contributed by atoms with Crippen LogP contribution in [0.15, 0.2) is 30.3 Å². The molecule has 2 unspecified atom stereocenters. The first-order valence-corrected chi connectivity index (χ1v) is 6.60. The Bertz CT molecular complexity index is 341. The Morgan fingerprint density at radius 1 is 1.29 bits per heavy atom. The van der Waals surface area contributed by atoms with Gasteiger partial charge in [0.2, 0.25) is 5.12 Å². The summed E-state index contributed by atoms with van der Waals surface area (Å²) in [6.07, 6.45) is -2.15. The highest BCUT2D eigenvalue weighted by Crippen LogP contribution is 2.16. The third kappa shape index (κ3) is 5.31. The lowest BCUT2D eigenvalue weighted by atomic mass is 10.2. The molecule has 94 valence electrons. The van der Waals surface area contributed by atoms with Gasteiger partial charge in [0, 0.05) is 11.3 Å². The zero-order valence-electron chi connectivity index (χ0n) is 9.74. The second-order valence-corrected chi connectivity index (χ2v) is 4.91. The highest BCUT2D eigenvalue weighted by atomic mass is 32.2. The average Bonchev–Trinajstić information content (AvgIpc) is 2.35. The minimum absolute atomic E-state index is 0.0192. The summed E-state index contributed by atoms with van der Waals surface area (Å²) in [6.45, 7) is 1.22. The lowest BCUT2D eigenvalue weighted by Gasteiger charge is -2.08. The fourth-order valence-electron chi connectivity index (χ4n) is 1.33. The SMILES string of the molecule is CC(F)C(F)CCCSC(=O)c1ccccc1. The van der Waals surface area contributed by atoms with E-state index in [0.29, 0.717) is 17.7 Å². The molecule has 0 bridgehead atoms. The van der Waals surface area contributed by atoms with Crippen molar-refractivity contribution in [2.45, 2.75) is 32.1 Å². The quantitative estimate of drug-likeness (QED) is 0.716. The molecule has 0 N–H and O–H groups in total. The summed E-state index contributed by atoms with van der Waals surface area (Å²) >= 11 is 1.16. The van der Waals surface area contributed by atoms with Gasteiger partial charge in [0.05, 0.1) is 0 Å². The van der Waals surface area contributed by atoms with Gasteiger partial charge >= 0.3 is 0 Å². The standard InChI is InChI=1S/C13H16F2OS/c1-10(14)12(15)8-5-9-17-13(16)11-6-3-2-4-7-11/h2-4,6-7,10,12H,5,8-9H2,1H3. The van der Waals surface area contributed by atoms with Crippen molar-refractivity contribution in [2.24, 2.45) is 0 Å². The molecule has 0 aliphatic heterocycles. The number of alkyl halides is 2. The summed E-state index contributed by atoms with van der Waals surface area (Å²) in [7, 11) is 0. The van der Waals surface area contributed by atoms with E-state index in [-0.39, 0.29) is 11.5 Å². The summed E-state index contributed by atoms with van der Waals surface area (Å²) in [5.74, 6) is 0.529. The number of carbonyl (C=O) groups excluding carboxylic acids is 1. The van der Waals surface area contributed by atoms with Gasteiger partial charge in [0.1, 0.15) is 12.3 Å². The molecule has 0 saturated heterocycles. The van der Waals surface area contributed by atoms with Crippen LogP contribution in [0.3, 0.4) is 0 Å². The number of hydrogen-bond donors (Lipinski definition) is 0. The van der Waals surface area contributed by atoms with E-state index in [0.717, 1.165) is 11.8 Å². The van der Waals surface area contributed by atoms with Gasteiger partial charge in [-0.25, -0.2) is 8.78 Å². The van der Waals surface area contributed by atoms with Crippen LogP contribution in [0.5, 0.6) is 0 Å². The van der Waals surface area contributed by atoms with Gasteiger partial charge < -0.3 is 0 Å². The van der Waals surface area contributed by atoms with Crippen LogP contribution in [0.4, 0.5) is 8.78 Å². The minimum Gasteiger partial charge on any atom is -0.282 e. The van der Waals surface area contributed by atoms with Crippen molar-refractivity contribution < 1.29 is 13.6 Å². The molecule has 1 nitrogen and oxygen atoms in total. The lowest BCUT2D eigenvalue weighted by molar-refractivity contribution is 0.108. The van der Waals surface area contributed by atoms with E-state index in [9.17, 15) is 13.6 Å². The number of thioether (sulfide) groups is 1. The maximum atomic E-state index is 12.9. The Morgan fingerprint density at radius 2 is 1.94 bits per heavy atom. The van der Waals surface area contributed by atoms with Crippen LogP contribution >= 0.6 is 11.8 Å². The van der Waals surface area contributed by atoms with Crippen molar-refractivity contribution >= 4 is 16.9 Å². The van der Waals surface area contributed by atoms with Crippen LogP contribution in [-0.2, 0) is 0 Å². The van der Waals surface area contributed by atoms with Gasteiger partial charge in [-0.2, -0.15) is 0 Å². The van der Waals surface area contributed by atoms with Crippen LogP contribution in [0.1, 0.15) is 30.1 Å². The van der Waals surface area contributed by atoms with E-state index >= 15 is 0 Å². The first-order valence-electron chi connectivity index (χ1n) is 5.61. The highest BCUT2D eigenvalue weighted by Gasteiger charge is 2.14. The largest absolute Gasteiger partial charge is 0.282 e. The molecule has 0 fully saturated rings. The van der Waals surface area contributed by atoms with Crippen molar-refractivity contribution in [1.29, 1.82) is 0 Å². The van der Waals surface area contributed by atoms with Crippen molar-refractivity contribution in [2.75, 3.05) is 5.75 Å². The molecule has 0 aliphatic carbocycles. The van der Waals surface area contributed by atoms with E-state index in [2.05, 4.69) is 0 Å². The van der Waals surface area contributed by atoms with Gasteiger partial charge in [0.15, 0.2) is 0 Å². The monoisotopic (exact) mass is 258 g/mol. The minimum atomic E-state index is -1.43. The molecule has 0 heterocycles. The number of benzene rings is 1. The molecule has 1 rings (SSSR count). The number of carbonyl (C=O) groups is 1. The van der Waals surface area contributed by atoms with E-state index in [1.165, 1.54) is 6.92 Å². The molecule has 0 aliphatic rings. The molecule has 17 heavy (non-hydrogen) atoms. The third-order valence-electron chi connectivity index (χ3n) is 2.37. The Labute approximate surface area is 105 Å². The summed E-state index contributed by atoms with van der Waals surface area (Å²) in [5.41, 5.74) is 0.646. The number of hydrogen-bond acceptors (Lipinski definition) is 2. The predicted molar refractivity (Wildman–Crippen MR) is 67.9 cm³/mol. The van der Waals surface area contributed by atoms with Crippen LogP contribution < -0.4 is 0 Å². The zero-order chi connectivity index (χ0) is 12.7. The fourth-order valence-corrected chi connectivity index (χ4v) is 2.13. The highest BCUT2D eigenvalue weighted by molar-refractivity contribution is 8.14. The summed E-state index contributed by atoms with van der Waals surface area (Å²) < 4.78 is 25.4. The molecular formula is C13H16F2OS. The smallest absolute Gasteiger partial charge is 0.219 e. The van der Waals surface area contributed by atoms with Gasteiger partial charge in [-0.05, 0) is 19.8 Å². The number of rotatable bonds is 6. The molecular weight excluding hydrogens is 242 g/mol. The molecule has 1 aromatic rings. The normalized spacial score (nSPS) is 14.3. The van der Waals surface area contributed by atoms with Crippen LogP contribution in [0.25, 0.3) is 0 Å². The Hall–Kier alpha value is -0.900. The first kappa shape index (κ1) is 14.2. The van der Waals surface area contributed by atoms with Crippen molar-refractivity contribution in [3.63, 3.8) is 0 Å². The van der Waals surface area contributed by atoms with Gasteiger partial charge in [-0.3, -0.25) is 4.79 Å². The maximum Gasteiger partial charge on any atom is 0.219 e. The topological polar surface area (TPSA) is 17.1 Å². The molecule has 0 saturated carbocycles. The molecule has 0 spiro atoms. The van der Waals surface area contributed by atoms with Crippen molar-refractivity contribution in [3.8, 4) is 0 Å². The van der Waals surface area contributed by atoms with E-state index < -0.39 is 12.3 Å². The summed E-state index contributed by atoms with van der Waals surface area (Å²) in [5, 5.41) is -0.0192. The third-order valence-corrected chi connectivity index (χ3v) is 3.36. The summed E-state index contributed by atoms with van der Waals surface area (Å²) in [6, 6.07) is 8.94. The zero-order valence-corrected chi connectivity index (χ0v) is 10.6. The maximum absolute atomic E-state index is 12.9. The Morgan fingerprint density at radius 3 is 2.53 bits per heavy atom. The lowest BCUT2D eigenvalue weighted by Crippen LogP contribution is -2.13. The van der Waals surface area contributed by atoms with Crippen molar-refractivity contribution in [3.05, 3.63) is 35.9 Å². The van der Waals surface area contributed by atoms with E-state index in [4.69, 9.17) is 0 Å². The van der Waals surface area contributed by atoms with Crippen LogP contribution in [-0.4, -0.2) is 23.2 Å². The first-order chi connectivity index (χ1) is 8.11. The van der Waals surface area contributed by atoms with Crippen molar-refractivity contribution in [1.82, 2.24) is 0 Å². The molecule has 0 amide bonds. The van der Waals surface area contributed by atoms with E-state index in [1.54, 1.807) is 24.3 Å². The van der Waals surface area contributed by atoms with Gasteiger partial charge in [-0.1, -0.05) is 42.1 Å². The van der Waals surface area contributed by atoms with Gasteiger partial charge in [-0.15, -0.1) is 0 Å².